The van der Waals surface area contributed by atoms with Crippen LogP contribution < -0.4 is 0 Å². The van der Waals surface area contributed by atoms with Gasteiger partial charge in [-0.1, -0.05) is 49.6 Å². The Labute approximate surface area is 251 Å². The van der Waals surface area contributed by atoms with Crippen molar-refractivity contribution < 1.29 is 24.2 Å². The van der Waals surface area contributed by atoms with Crippen molar-refractivity contribution in [3.8, 4) is 11.3 Å². The lowest BCUT2D eigenvalue weighted by Gasteiger charge is -2.38. The van der Waals surface area contributed by atoms with E-state index < -0.39 is 5.97 Å². The molecule has 0 spiro atoms. The molecule has 0 atom stereocenters. The summed E-state index contributed by atoms with van der Waals surface area (Å²) in [6, 6.07) is 13.7. The number of amides is 3. The summed E-state index contributed by atoms with van der Waals surface area (Å²) in [4.78, 5) is 44.7. The van der Waals surface area contributed by atoms with Crippen molar-refractivity contribution in [2.45, 2.75) is 44.6 Å². The zero-order valence-electron chi connectivity index (χ0n) is 24.5. The molecule has 1 aromatic heterocycles. The van der Waals surface area contributed by atoms with Crippen LogP contribution in [0.5, 0.6) is 0 Å². The molecule has 7 rings (SSSR count). The molecule has 3 amide bonds. The molecule has 1 aliphatic carbocycles. The Hall–Kier alpha value is -4.11. The second-order valence-corrected chi connectivity index (χ2v) is 12.1. The van der Waals surface area contributed by atoms with E-state index in [2.05, 4.69) is 16.7 Å². The number of ether oxygens (including phenoxy) is 1. The first-order valence-electron chi connectivity index (χ1n) is 15.6. The summed E-state index contributed by atoms with van der Waals surface area (Å²) in [6.45, 7) is 4.64. The minimum Gasteiger partial charge on any atom is -0.478 e. The van der Waals surface area contributed by atoms with E-state index in [1.807, 2.05) is 39.0 Å². The fourth-order valence-electron chi connectivity index (χ4n) is 7.40. The number of nitrogens with zero attached hydrogens (tertiary/aromatic N) is 4. The number of benzene rings is 2. The molecule has 4 aliphatic rings. The number of carboxylic acid groups (broad SMARTS) is 1. The first-order valence-corrected chi connectivity index (χ1v) is 15.6. The highest BCUT2D eigenvalue weighted by atomic mass is 16.5. The molecule has 0 radical (unpaired) electrons. The van der Waals surface area contributed by atoms with E-state index in [0.29, 0.717) is 70.5 Å². The number of morpholine rings is 1. The molecule has 43 heavy (non-hydrogen) atoms. The number of hydrogen-bond acceptors (Lipinski definition) is 4. The first kappa shape index (κ1) is 27.7. The molecule has 9 heteroatoms. The van der Waals surface area contributed by atoms with Gasteiger partial charge in [-0.15, -0.1) is 0 Å². The number of piperazine rings is 1. The third-order valence-corrected chi connectivity index (χ3v) is 9.63. The van der Waals surface area contributed by atoms with Crippen LogP contribution in [0.1, 0.15) is 59.5 Å². The molecule has 3 aromatic rings. The van der Waals surface area contributed by atoms with Crippen LogP contribution in [0, 0.1) is 0 Å². The van der Waals surface area contributed by atoms with Crippen LogP contribution in [0.15, 0.2) is 48.0 Å². The van der Waals surface area contributed by atoms with Crippen LogP contribution in [0.2, 0.25) is 0 Å². The zero-order chi connectivity index (χ0) is 29.5. The summed E-state index contributed by atoms with van der Waals surface area (Å²) >= 11 is 0. The Kier molecular flexibility index (Phi) is 7.43. The topological polar surface area (TPSA) is 95.3 Å². The number of fused-ring (bicyclic) bond motifs is 5. The minimum absolute atomic E-state index is 0.0194. The quantitative estimate of drug-likeness (QED) is 0.467. The van der Waals surface area contributed by atoms with Crippen molar-refractivity contribution in [2.24, 2.45) is 0 Å². The average molecular weight is 583 g/mol. The summed E-state index contributed by atoms with van der Waals surface area (Å²) in [5.74, 6) is -0.593. The van der Waals surface area contributed by atoms with Crippen molar-refractivity contribution >= 4 is 34.9 Å². The Bertz CT molecular complexity index is 1600. The third-order valence-electron chi connectivity index (χ3n) is 9.63. The van der Waals surface area contributed by atoms with Gasteiger partial charge in [0.15, 0.2) is 0 Å². The number of urea groups is 1. The van der Waals surface area contributed by atoms with E-state index in [0.717, 1.165) is 40.6 Å². The molecule has 1 N–H and O–H groups in total. The monoisotopic (exact) mass is 582 g/mol. The summed E-state index contributed by atoms with van der Waals surface area (Å²) in [5.41, 5.74) is 6.28. The summed E-state index contributed by atoms with van der Waals surface area (Å²) < 4.78 is 7.59. The van der Waals surface area contributed by atoms with Gasteiger partial charge in [-0.2, -0.15) is 0 Å². The van der Waals surface area contributed by atoms with Crippen molar-refractivity contribution in [3.05, 3.63) is 64.7 Å². The second-order valence-electron chi connectivity index (χ2n) is 12.1. The molecule has 0 unspecified atom stereocenters. The number of carboxylic acids is 1. The molecule has 3 fully saturated rings. The van der Waals surface area contributed by atoms with Crippen LogP contribution in [-0.4, -0.2) is 94.8 Å². The molecule has 3 aliphatic heterocycles. The molecule has 4 heterocycles. The van der Waals surface area contributed by atoms with Crippen LogP contribution in [0.3, 0.4) is 0 Å². The molecule has 0 bridgehead atoms. The normalized spacial score (nSPS) is 19.4. The van der Waals surface area contributed by atoms with Crippen LogP contribution in [0.25, 0.3) is 28.2 Å². The maximum absolute atomic E-state index is 14.1. The molecule has 2 saturated heterocycles. The van der Waals surface area contributed by atoms with E-state index >= 15 is 0 Å². The number of carbonyl (C=O) groups is 3. The fourth-order valence-corrected chi connectivity index (χ4v) is 7.40. The van der Waals surface area contributed by atoms with E-state index in [9.17, 15) is 19.5 Å². The summed E-state index contributed by atoms with van der Waals surface area (Å²) in [7, 11) is 0. The van der Waals surface area contributed by atoms with Gasteiger partial charge in [0, 0.05) is 61.3 Å². The summed E-state index contributed by atoms with van der Waals surface area (Å²) in [6.07, 6.45) is 7.87. The fraction of sp³-hybridized carbons (Fsp3) is 0.441. The lowest BCUT2D eigenvalue weighted by atomic mass is 9.81. The van der Waals surface area contributed by atoms with Gasteiger partial charge in [0.05, 0.1) is 31.0 Å². The third kappa shape index (κ3) is 5.09. The number of hydrogen-bond donors (Lipinski definition) is 1. The predicted octanol–water partition coefficient (Wildman–Crippen LogP) is 5.05. The van der Waals surface area contributed by atoms with Gasteiger partial charge in [0.1, 0.15) is 0 Å². The maximum Gasteiger partial charge on any atom is 0.335 e. The second kappa shape index (κ2) is 11.5. The standard InChI is InChI=1S/C34H38N4O5/c39-32(35-12-14-36(15-13-35)34(42)37-16-18-43-19-17-37)26-20-24-8-4-5-9-27(24)31-30(23-6-2-1-3-7-23)28-11-10-25(33(40)41)21-29(28)38(31)22-26/h4-5,8-11,20-21,23H,1-3,6-7,12-19,22H2,(H,40,41). The number of aromatic carboxylic acids is 1. The molecular formula is C34H38N4O5. The van der Waals surface area contributed by atoms with Gasteiger partial charge < -0.3 is 29.1 Å². The molecular weight excluding hydrogens is 544 g/mol. The molecule has 9 nitrogen and oxygen atoms in total. The van der Waals surface area contributed by atoms with Gasteiger partial charge in [-0.3, -0.25) is 4.79 Å². The highest BCUT2D eigenvalue weighted by Crippen LogP contribution is 2.46. The van der Waals surface area contributed by atoms with Gasteiger partial charge in [0.25, 0.3) is 5.91 Å². The van der Waals surface area contributed by atoms with Crippen molar-refractivity contribution in [1.82, 2.24) is 19.3 Å². The maximum atomic E-state index is 14.1. The number of rotatable bonds is 3. The number of aromatic nitrogens is 1. The van der Waals surface area contributed by atoms with Gasteiger partial charge in [0.2, 0.25) is 0 Å². The highest BCUT2D eigenvalue weighted by molar-refractivity contribution is 6.03. The smallest absolute Gasteiger partial charge is 0.335 e. The SMILES string of the molecule is O=C(O)c1ccc2c(C3CCCCC3)c3n(c2c1)CC(C(=O)N1CCN(C(=O)N2CCOCC2)CC1)=Cc1ccccc1-3. The Morgan fingerprint density at radius 1 is 0.814 bits per heavy atom. The van der Waals surface area contributed by atoms with Gasteiger partial charge >= 0.3 is 12.0 Å². The van der Waals surface area contributed by atoms with E-state index in [4.69, 9.17) is 4.74 Å². The lowest BCUT2D eigenvalue weighted by molar-refractivity contribution is -0.128. The molecule has 1 saturated carbocycles. The lowest BCUT2D eigenvalue weighted by Crippen LogP contribution is -2.55. The van der Waals surface area contributed by atoms with Crippen molar-refractivity contribution in [1.29, 1.82) is 0 Å². The van der Waals surface area contributed by atoms with Crippen LogP contribution in [0.4, 0.5) is 4.79 Å². The van der Waals surface area contributed by atoms with Crippen LogP contribution in [-0.2, 0) is 16.1 Å². The largest absolute Gasteiger partial charge is 0.478 e. The number of carbonyl (C=O) groups excluding carboxylic acids is 2. The van der Waals surface area contributed by atoms with E-state index in [-0.39, 0.29) is 17.5 Å². The first-order chi connectivity index (χ1) is 21.0. The van der Waals surface area contributed by atoms with Crippen molar-refractivity contribution in [3.63, 3.8) is 0 Å². The van der Waals surface area contributed by atoms with Crippen LogP contribution >= 0.6 is 0 Å². The average Bonchev–Trinajstić information content (AvgIpc) is 3.27. The minimum atomic E-state index is -0.956. The Balaban J connectivity index is 1.24. The Morgan fingerprint density at radius 2 is 1.51 bits per heavy atom. The molecule has 2 aromatic carbocycles. The van der Waals surface area contributed by atoms with Gasteiger partial charge in [-0.05, 0) is 48.1 Å². The highest BCUT2D eigenvalue weighted by Gasteiger charge is 2.33. The summed E-state index contributed by atoms with van der Waals surface area (Å²) in [5, 5.41) is 10.9. The molecule has 224 valence electrons. The van der Waals surface area contributed by atoms with E-state index in [1.54, 1.807) is 12.1 Å². The predicted molar refractivity (Wildman–Crippen MR) is 164 cm³/mol. The van der Waals surface area contributed by atoms with E-state index in [1.165, 1.54) is 24.8 Å². The van der Waals surface area contributed by atoms with Crippen molar-refractivity contribution in [2.75, 3.05) is 52.5 Å². The Morgan fingerprint density at radius 3 is 2.26 bits per heavy atom. The van der Waals surface area contributed by atoms with Gasteiger partial charge in [-0.25, -0.2) is 9.59 Å². The zero-order valence-corrected chi connectivity index (χ0v) is 24.5.